The number of hydrogen-bond donors (Lipinski definition) is 1. The van der Waals surface area contributed by atoms with Crippen molar-refractivity contribution >= 4 is 0 Å². The van der Waals surface area contributed by atoms with Crippen LogP contribution in [0.1, 0.15) is 32.3 Å². The summed E-state index contributed by atoms with van der Waals surface area (Å²) in [5.41, 5.74) is 7.32. The lowest BCUT2D eigenvalue weighted by Crippen LogP contribution is -2.41. The highest BCUT2D eigenvalue weighted by molar-refractivity contribution is 5.41. The Hall–Kier alpha value is -1.06. The molecule has 1 aliphatic heterocycles. The summed E-state index contributed by atoms with van der Waals surface area (Å²) >= 11 is 0. The lowest BCUT2D eigenvalue weighted by atomic mass is 9.73. The van der Waals surface area contributed by atoms with Crippen LogP contribution in [0.5, 0.6) is 5.75 Å². The van der Waals surface area contributed by atoms with Gasteiger partial charge in [0.05, 0.1) is 12.7 Å². The zero-order chi connectivity index (χ0) is 13.0. The molecule has 0 aliphatic carbocycles. The molecular weight excluding hydrogens is 226 g/mol. The van der Waals surface area contributed by atoms with Gasteiger partial charge in [-0.1, -0.05) is 18.2 Å². The molecule has 2 rings (SSSR count). The minimum Gasteiger partial charge on any atom is -0.493 e. The Bertz CT molecular complexity index is 392. The van der Waals surface area contributed by atoms with Crippen molar-refractivity contribution in [1.29, 1.82) is 0 Å². The third-order valence-corrected chi connectivity index (χ3v) is 3.72. The summed E-state index contributed by atoms with van der Waals surface area (Å²) in [4.78, 5) is 0. The first-order valence-electron chi connectivity index (χ1n) is 6.72. The molecule has 1 aromatic rings. The van der Waals surface area contributed by atoms with Crippen LogP contribution in [0.3, 0.4) is 0 Å². The van der Waals surface area contributed by atoms with E-state index in [2.05, 4.69) is 26.0 Å². The van der Waals surface area contributed by atoms with E-state index in [0.29, 0.717) is 6.54 Å². The van der Waals surface area contributed by atoms with E-state index in [9.17, 15) is 0 Å². The summed E-state index contributed by atoms with van der Waals surface area (Å²) in [5, 5.41) is 0. The monoisotopic (exact) mass is 249 g/mol. The number of fused-ring (bicyclic) bond motifs is 1. The predicted molar refractivity (Wildman–Crippen MR) is 73.0 cm³/mol. The van der Waals surface area contributed by atoms with E-state index in [-0.39, 0.29) is 11.5 Å². The number of nitrogens with two attached hydrogens (primary N) is 1. The predicted octanol–water partition coefficient (Wildman–Crippen LogP) is 2.48. The Morgan fingerprint density at radius 3 is 2.89 bits per heavy atom. The topological polar surface area (TPSA) is 44.5 Å². The Morgan fingerprint density at radius 2 is 2.17 bits per heavy atom. The summed E-state index contributed by atoms with van der Waals surface area (Å²) in [6.07, 6.45) is 2.21. The largest absolute Gasteiger partial charge is 0.493 e. The molecule has 1 aromatic carbocycles. The minimum atomic E-state index is 0.0176. The van der Waals surface area contributed by atoms with Gasteiger partial charge in [0.25, 0.3) is 0 Å². The van der Waals surface area contributed by atoms with Gasteiger partial charge in [-0.15, -0.1) is 0 Å². The van der Waals surface area contributed by atoms with Gasteiger partial charge in [0.15, 0.2) is 0 Å². The first-order chi connectivity index (χ1) is 8.68. The summed E-state index contributed by atoms with van der Waals surface area (Å²) < 4.78 is 11.4. The molecule has 0 spiro atoms. The van der Waals surface area contributed by atoms with Crippen LogP contribution in [0.15, 0.2) is 24.3 Å². The first kappa shape index (κ1) is 13.4. The zero-order valence-electron chi connectivity index (χ0n) is 11.3. The average molecular weight is 249 g/mol. The highest BCUT2D eigenvalue weighted by atomic mass is 16.5. The van der Waals surface area contributed by atoms with Gasteiger partial charge in [0.1, 0.15) is 5.75 Å². The summed E-state index contributed by atoms with van der Waals surface area (Å²) in [6, 6.07) is 8.23. The molecule has 0 aromatic heterocycles. The van der Waals surface area contributed by atoms with E-state index in [1.165, 1.54) is 5.56 Å². The van der Waals surface area contributed by atoms with Crippen molar-refractivity contribution in [2.24, 2.45) is 5.73 Å². The average Bonchev–Trinajstić information content (AvgIpc) is 2.38. The van der Waals surface area contributed by atoms with Crippen molar-refractivity contribution in [1.82, 2.24) is 0 Å². The van der Waals surface area contributed by atoms with Gasteiger partial charge in [-0.3, -0.25) is 0 Å². The molecule has 18 heavy (non-hydrogen) atoms. The molecule has 0 fully saturated rings. The highest BCUT2D eigenvalue weighted by Crippen LogP contribution is 2.40. The maximum absolute atomic E-state index is 6.06. The van der Waals surface area contributed by atoms with E-state index >= 15 is 0 Å². The van der Waals surface area contributed by atoms with Crippen molar-refractivity contribution in [3.63, 3.8) is 0 Å². The van der Waals surface area contributed by atoms with Crippen LogP contribution in [0.2, 0.25) is 0 Å². The number of rotatable bonds is 5. The summed E-state index contributed by atoms with van der Waals surface area (Å²) in [7, 11) is 0. The molecule has 0 radical (unpaired) electrons. The molecule has 0 bridgehead atoms. The van der Waals surface area contributed by atoms with E-state index in [1.807, 2.05) is 12.1 Å². The molecule has 0 amide bonds. The number of para-hydroxylation sites is 1. The van der Waals surface area contributed by atoms with E-state index in [1.54, 1.807) is 0 Å². The van der Waals surface area contributed by atoms with Crippen molar-refractivity contribution in [2.45, 2.75) is 38.2 Å². The van der Waals surface area contributed by atoms with Crippen LogP contribution in [0.4, 0.5) is 0 Å². The molecule has 2 N–H and O–H groups in total. The number of benzene rings is 1. The number of hydrogen-bond acceptors (Lipinski definition) is 3. The molecule has 0 saturated heterocycles. The maximum Gasteiger partial charge on any atom is 0.123 e. The lowest BCUT2D eigenvalue weighted by molar-refractivity contribution is 0.0582. The molecule has 3 nitrogen and oxygen atoms in total. The Kier molecular flexibility index (Phi) is 4.25. The molecule has 3 heteroatoms. The fraction of sp³-hybridized carbons (Fsp3) is 0.600. The van der Waals surface area contributed by atoms with Crippen LogP contribution < -0.4 is 10.5 Å². The fourth-order valence-corrected chi connectivity index (χ4v) is 2.59. The van der Waals surface area contributed by atoms with Crippen LogP contribution in [-0.4, -0.2) is 25.9 Å². The minimum absolute atomic E-state index is 0.0176. The van der Waals surface area contributed by atoms with Crippen LogP contribution in [0, 0.1) is 0 Å². The molecule has 1 atom stereocenters. The third kappa shape index (κ3) is 2.68. The van der Waals surface area contributed by atoms with Crippen molar-refractivity contribution in [3.8, 4) is 5.75 Å². The van der Waals surface area contributed by atoms with Gasteiger partial charge in [-0.25, -0.2) is 0 Å². The van der Waals surface area contributed by atoms with Gasteiger partial charge in [0, 0.05) is 24.1 Å². The second-order valence-electron chi connectivity index (χ2n) is 5.25. The second kappa shape index (κ2) is 5.72. The maximum atomic E-state index is 6.06. The molecule has 1 aliphatic rings. The van der Waals surface area contributed by atoms with Gasteiger partial charge in [0.2, 0.25) is 0 Å². The van der Waals surface area contributed by atoms with E-state index in [0.717, 1.165) is 31.8 Å². The van der Waals surface area contributed by atoms with Gasteiger partial charge >= 0.3 is 0 Å². The number of ether oxygens (including phenoxy) is 2. The molecule has 100 valence electrons. The Labute approximate surface area is 109 Å². The first-order valence-corrected chi connectivity index (χ1v) is 6.72. The van der Waals surface area contributed by atoms with Crippen LogP contribution >= 0.6 is 0 Å². The third-order valence-electron chi connectivity index (χ3n) is 3.72. The Morgan fingerprint density at radius 1 is 1.39 bits per heavy atom. The molecule has 1 heterocycles. The van der Waals surface area contributed by atoms with Crippen LogP contribution in [0.25, 0.3) is 0 Å². The SMILES string of the molecule is CC(C)OCCC1(CN)CCOc2ccccc21. The molecular formula is C15H23NO2. The summed E-state index contributed by atoms with van der Waals surface area (Å²) in [5.74, 6) is 0.985. The zero-order valence-corrected chi connectivity index (χ0v) is 11.3. The van der Waals surface area contributed by atoms with Crippen molar-refractivity contribution < 1.29 is 9.47 Å². The van der Waals surface area contributed by atoms with Crippen molar-refractivity contribution in [2.75, 3.05) is 19.8 Å². The van der Waals surface area contributed by atoms with E-state index < -0.39 is 0 Å². The van der Waals surface area contributed by atoms with Gasteiger partial charge in [-0.2, -0.15) is 0 Å². The lowest BCUT2D eigenvalue weighted by Gasteiger charge is -2.38. The van der Waals surface area contributed by atoms with Gasteiger partial charge < -0.3 is 15.2 Å². The standard InChI is InChI=1S/C15H23NO2/c1-12(2)17-9-7-15(11-16)8-10-18-14-6-4-3-5-13(14)15/h3-6,12H,7-11,16H2,1-2H3. The van der Waals surface area contributed by atoms with E-state index in [4.69, 9.17) is 15.2 Å². The molecule has 1 unspecified atom stereocenters. The van der Waals surface area contributed by atoms with Crippen molar-refractivity contribution in [3.05, 3.63) is 29.8 Å². The molecule has 0 saturated carbocycles. The highest BCUT2D eigenvalue weighted by Gasteiger charge is 2.36. The fourth-order valence-electron chi connectivity index (χ4n) is 2.59. The summed E-state index contributed by atoms with van der Waals surface area (Å²) in [6.45, 7) is 6.27. The normalized spacial score (nSPS) is 22.7. The van der Waals surface area contributed by atoms with Crippen LogP contribution in [-0.2, 0) is 10.2 Å². The second-order valence-corrected chi connectivity index (χ2v) is 5.25. The smallest absolute Gasteiger partial charge is 0.123 e. The van der Waals surface area contributed by atoms with Gasteiger partial charge in [-0.05, 0) is 32.8 Å². The Balaban J connectivity index is 2.17. The quantitative estimate of drug-likeness (QED) is 0.872.